The van der Waals surface area contributed by atoms with Gasteiger partial charge in [0, 0.05) is 25.7 Å². The van der Waals surface area contributed by atoms with E-state index in [1.54, 1.807) is 56.4 Å². The number of halogens is 5. The summed E-state index contributed by atoms with van der Waals surface area (Å²) in [5.74, 6) is 0.935. The Morgan fingerprint density at radius 3 is 2.38 bits per heavy atom. The van der Waals surface area contributed by atoms with Crippen molar-refractivity contribution in [2.75, 3.05) is 20.3 Å². The number of aliphatic imine (C=N–C) groups is 1. The maximum absolute atomic E-state index is 12.8. The van der Waals surface area contributed by atoms with Crippen molar-refractivity contribution >= 4 is 29.9 Å². The number of nitrogens with one attached hydrogen (secondary N) is 2. The lowest BCUT2D eigenvalue weighted by Crippen LogP contribution is -2.36. The first kappa shape index (κ1) is 27.6. The highest BCUT2D eigenvalue weighted by Gasteiger charge is 2.16. The van der Waals surface area contributed by atoms with Gasteiger partial charge in [0.2, 0.25) is 0 Å². The number of hydrogen-bond acceptors (Lipinski definition) is 4. The molecule has 0 saturated carbocycles. The highest BCUT2D eigenvalue weighted by molar-refractivity contribution is 14.0. The minimum atomic E-state index is -2.99. The zero-order valence-electron chi connectivity index (χ0n) is 17.6. The Morgan fingerprint density at radius 1 is 1.00 bits per heavy atom. The summed E-state index contributed by atoms with van der Waals surface area (Å²) in [6.45, 7) is -1.12. The van der Waals surface area contributed by atoms with E-state index in [0.29, 0.717) is 30.4 Å². The fourth-order valence-electron chi connectivity index (χ4n) is 2.68. The van der Waals surface area contributed by atoms with E-state index in [1.807, 2.05) is 0 Å². The van der Waals surface area contributed by atoms with Gasteiger partial charge in [-0.3, -0.25) is 4.99 Å². The largest absolute Gasteiger partial charge is 0.490 e. The van der Waals surface area contributed by atoms with Crippen molar-refractivity contribution < 1.29 is 31.8 Å². The number of guanidine groups is 1. The van der Waals surface area contributed by atoms with E-state index in [0.717, 1.165) is 5.56 Å². The van der Waals surface area contributed by atoms with E-state index >= 15 is 0 Å². The van der Waals surface area contributed by atoms with Crippen molar-refractivity contribution in [1.29, 1.82) is 0 Å². The molecule has 0 amide bonds. The normalized spacial score (nSPS) is 11.2. The molecule has 2 N–H and O–H groups in total. The topological polar surface area (TPSA) is 64.1 Å². The van der Waals surface area contributed by atoms with Crippen LogP contribution < -0.4 is 24.8 Å². The molecule has 0 aliphatic carbocycles. The summed E-state index contributed by atoms with van der Waals surface area (Å²) in [6.07, 6.45) is -2.55. The van der Waals surface area contributed by atoms with E-state index in [1.165, 1.54) is 0 Å². The summed E-state index contributed by atoms with van der Waals surface area (Å²) >= 11 is 0. The molecular formula is C21H26F4IN3O3. The first-order valence-corrected chi connectivity index (χ1v) is 9.56. The number of alkyl halides is 4. The molecule has 2 aromatic carbocycles. The highest BCUT2D eigenvalue weighted by atomic mass is 127. The highest BCUT2D eigenvalue weighted by Crippen LogP contribution is 2.32. The summed E-state index contributed by atoms with van der Waals surface area (Å²) in [5.41, 5.74) is 1.26. The van der Waals surface area contributed by atoms with Gasteiger partial charge in [-0.05, 0) is 30.7 Å². The molecule has 2 rings (SSSR count). The molecule has 0 aliphatic rings. The molecule has 0 radical (unpaired) electrons. The summed E-state index contributed by atoms with van der Waals surface area (Å²) in [6, 6.07) is 11.6. The van der Waals surface area contributed by atoms with Gasteiger partial charge in [-0.1, -0.05) is 24.3 Å². The van der Waals surface area contributed by atoms with Crippen LogP contribution in [0.4, 0.5) is 17.6 Å². The van der Waals surface area contributed by atoms with Crippen molar-refractivity contribution in [1.82, 2.24) is 10.6 Å². The van der Waals surface area contributed by atoms with Crippen LogP contribution in [0.25, 0.3) is 0 Å². The van der Waals surface area contributed by atoms with Crippen LogP contribution in [0.1, 0.15) is 18.1 Å². The second-order valence-corrected chi connectivity index (χ2v) is 6.18. The van der Waals surface area contributed by atoms with Gasteiger partial charge >= 0.3 is 6.61 Å². The molecule has 0 saturated heterocycles. The maximum Gasteiger partial charge on any atom is 0.387 e. The first-order valence-electron chi connectivity index (χ1n) is 9.56. The molecule has 0 spiro atoms. The van der Waals surface area contributed by atoms with E-state index in [4.69, 9.17) is 9.47 Å². The minimum absolute atomic E-state index is 0. The third kappa shape index (κ3) is 9.37. The molecule has 0 fully saturated rings. The van der Waals surface area contributed by atoms with Crippen molar-refractivity contribution in [3.63, 3.8) is 0 Å². The smallest absolute Gasteiger partial charge is 0.387 e. The Kier molecular flexibility index (Phi) is 12.6. The van der Waals surface area contributed by atoms with Crippen molar-refractivity contribution in [2.24, 2.45) is 4.99 Å². The van der Waals surface area contributed by atoms with Crippen LogP contribution in [0.2, 0.25) is 0 Å². The Morgan fingerprint density at radius 2 is 1.72 bits per heavy atom. The van der Waals surface area contributed by atoms with Crippen molar-refractivity contribution in [2.45, 2.75) is 33.1 Å². The molecule has 2 aromatic rings. The lowest BCUT2D eigenvalue weighted by atomic mass is 10.2. The van der Waals surface area contributed by atoms with Crippen LogP contribution in [0.5, 0.6) is 17.2 Å². The fourth-order valence-corrected chi connectivity index (χ4v) is 2.68. The van der Waals surface area contributed by atoms with Gasteiger partial charge in [0.05, 0.1) is 6.61 Å². The van der Waals surface area contributed by atoms with E-state index in [-0.39, 0.29) is 42.0 Å². The zero-order chi connectivity index (χ0) is 22.6. The number of benzene rings is 2. The van der Waals surface area contributed by atoms with Gasteiger partial charge in [0.1, 0.15) is 12.4 Å². The SMILES string of the molecule is CCOc1cccc(CNC(=NC)NCc2cccc(OCC(F)F)c2)c1OC(F)F.I. The number of para-hydroxylation sites is 1. The third-order valence-corrected chi connectivity index (χ3v) is 3.97. The standard InChI is InChI=1S/C21H25F4N3O3.HI/c1-3-29-17-9-5-7-15(19(17)31-20(24)25)12-28-21(26-2)27-11-14-6-4-8-16(10-14)30-13-18(22)23;/h4-10,18,20H,3,11-13H2,1-2H3,(H2,26,27,28);1H. The predicted octanol–water partition coefficient (Wildman–Crippen LogP) is 4.81. The Bertz CT molecular complexity index is 857. The van der Waals surface area contributed by atoms with Gasteiger partial charge in [-0.15, -0.1) is 24.0 Å². The lowest BCUT2D eigenvalue weighted by molar-refractivity contribution is -0.0520. The molecule has 11 heteroatoms. The zero-order valence-corrected chi connectivity index (χ0v) is 19.9. The molecule has 178 valence electrons. The molecule has 0 atom stereocenters. The van der Waals surface area contributed by atoms with E-state index < -0.39 is 19.6 Å². The molecule has 0 aromatic heterocycles. The van der Waals surface area contributed by atoms with Crippen LogP contribution >= 0.6 is 24.0 Å². The van der Waals surface area contributed by atoms with Gasteiger partial charge in [0.15, 0.2) is 17.5 Å². The van der Waals surface area contributed by atoms with Crippen molar-refractivity contribution in [3.8, 4) is 17.2 Å². The van der Waals surface area contributed by atoms with E-state index in [2.05, 4.69) is 20.4 Å². The Labute approximate surface area is 201 Å². The van der Waals surface area contributed by atoms with Gasteiger partial charge in [-0.2, -0.15) is 8.78 Å². The van der Waals surface area contributed by atoms with Gasteiger partial charge < -0.3 is 24.8 Å². The summed E-state index contributed by atoms with van der Waals surface area (Å²) in [7, 11) is 1.56. The quantitative estimate of drug-likeness (QED) is 0.176. The molecule has 0 heterocycles. The van der Waals surface area contributed by atoms with Crippen molar-refractivity contribution in [3.05, 3.63) is 53.6 Å². The third-order valence-electron chi connectivity index (χ3n) is 3.97. The van der Waals surface area contributed by atoms with Gasteiger partial charge in [-0.25, -0.2) is 8.78 Å². The van der Waals surface area contributed by atoms with Crippen LogP contribution in [0, 0.1) is 0 Å². The number of ether oxygens (including phenoxy) is 3. The average molecular weight is 571 g/mol. The van der Waals surface area contributed by atoms with Gasteiger partial charge in [0.25, 0.3) is 6.43 Å². The molecular weight excluding hydrogens is 545 g/mol. The molecule has 6 nitrogen and oxygen atoms in total. The van der Waals surface area contributed by atoms with Crippen LogP contribution in [0.15, 0.2) is 47.5 Å². The molecule has 0 unspecified atom stereocenters. The second-order valence-electron chi connectivity index (χ2n) is 6.18. The van der Waals surface area contributed by atoms with Crippen LogP contribution in [-0.2, 0) is 13.1 Å². The molecule has 0 aliphatic heterocycles. The second kappa shape index (κ2) is 14.6. The number of hydrogen-bond donors (Lipinski definition) is 2. The predicted molar refractivity (Wildman–Crippen MR) is 125 cm³/mol. The fraction of sp³-hybridized carbons (Fsp3) is 0.381. The minimum Gasteiger partial charge on any atom is -0.490 e. The Hall–Kier alpha value is -2.44. The maximum atomic E-state index is 12.8. The van der Waals surface area contributed by atoms with E-state index in [9.17, 15) is 17.6 Å². The summed E-state index contributed by atoms with van der Waals surface area (Å²) in [4.78, 5) is 4.09. The lowest BCUT2D eigenvalue weighted by Gasteiger charge is -2.17. The first-order chi connectivity index (χ1) is 14.9. The Balaban J connectivity index is 0.00000512. The number of nitrogens with zero attached hydrogens (tertiary/aromatic N) is 1. The monoisotopic (exact) mass is 571 g/mol. The molecule has 0 bridgehead atoms. The number of rotatable bonds is 11. The summed E-state index contributed by atoms with van der Waals surface area (Å²) < 4.78 is 65.3. The average Bonchev–Trinajstić information content (AvgIpc) is 2.74. The van der Waals surface area contributed by atoms with Crippen LogP contribution in [-0.4, -0.2) is 39.3 Å². The van der Waals surface area contributed by atoms with Crippen LogP contribution in [0.3, 0.4) is 0 Å². The summed E-state index contributed by atoms with van der Waals surface area (Å²) in [5, 5.41) is 6.08. The molecule has 32 heavy (non-hydrogen) atoms.